The van der Waals surface area contributed by atoms with Crippen LogP contribution in [-0.4, -0.2) is 31.2 Å². The SMILES string of the molecule is COc1cc(C=C(C#N)c2nc(-c3ccc(-c4ccc([N+](=O)[O-])cc4)o3)cs2)cc(OC)c1OC. The van der Waals surface area contributed by atoms with Gasteiger partial charge in [0.25, 0.3) is 5.69 Å². The van der Waals surface area contributed by atoms with Gasteiger partial charge in [0.15, 0.2) is 17.3 Å². The molecule has 0 radical (unpaired) electrons. The van der Waals surface area contributed by atoms with Crippen LogP contribution in [0.1, 0.15) is 10.6 Å². The van der Waals surface area contributed by atoms with Crippen molar-refractivity contribution >= 4 is 28.7 Å². The Balaban J connectivity index is 1.62. The molecule has 0 aliphatic rings. The fourth-order valence-corrected chi connectivity index (χ4v) is 4.16. The van der Waals surface area contributed by atoms with Crippen LogP contribution in [0.3, 0.4) is 0 Å². The third kappa shape index (κ3) is 4.85. The molecular weight excluding hydrogens is 470 g/mol. The van der Waals surface area contributed by atoms with Crippen LogP contribution < -0.4 is 14.2 Å². The number of furan rings is 1. The largest absolute Gasteiger partial charge is 0.493 e. The summed E-state index contributed by atoms with van der Waals surface area (Å²) in [4.78, 5) is 15.0. The molecule has 0 N–H and O–H groups in total. The molecular formula is C25H19N3O6S. The molecule has 4 aromatic rings. The van der Waals surface area contributed by atoms with Crippen molar-refractivity contribution in [3.63, 3.8) is 0 Å². The Bertz CT molecular complexity index is 1420. The van der Waals surface area contributed by atoms with E-state index in [1.54, 1.807) is 47.9 Å². The molecule has 0 saturated heterocycles. The van der Waals surface area contributed by atoms with Crippen LogP contribution in [0.5, 0.6) is 17.2 Å². The standard InChI is InChI=1S/C25H19N3O6S/c1-31-22-11-15(12-23(32-2)24(22)33-3)10-17(13-26)25-27-19(14-35-25)21-9-8-20(34-21)16-4-6-18(7-5-16)28(29)30/h4-12,14H,1-3H3. The monoisotopic (exact) mass is 489 g/mol. The Morgan fingerprint density at radius 2 is 1.71 bits per heavy atom. The second kappa shape index (κ2) is 10.1. The van der Waals surface area contributed by atoms with Crippen LogP contribution in [0, 0.1) is 21.4 Å². The van der Waals surface area contributed by atoms with E-state index >= 15 is 0 Å². The lowest BCUT2D eigenvalue weighted by molar-refractivity contribution is -0.384. The zero-order chi connectivity index (χ0) is 24.9. The third-order valence-corrected chi connectivity index (χ3v) is 5.95. The Morgan fingerprint density at radius 1 is 1.06 bits per heavy atom. The van der Waals surface area contributed by atoms with E-state index in [4.69, 9.17) is 18.6 Å². The molecule has 0 saturated carbocycles. The molecule has 0 atom stereocenters. The van der Waals surface area contributed by atoms with E-state index in [1.165, 1.54) is 44.8 Å². The number of nitro benzene ring substituents is 1. The predicted octanol–water partition coefficient (Wildman–Crippen LogP) is 6.07. The zero-order valence-corrected chi connectivity index (χ0v) is 19.8. The number of aromatic nitrogens is 1. The summed E-state index contributed by atoms with van der Waals surface area (Å²) >= 11 is 1.31. The van der Waals surface area contributed by atoms with Gasteiger partial charge in [-0.05, 0) is 48.0 Å². The van der Waals surface area contributed by atoms with Crippen molar-refractivity contribution in [3.05, 3.63) is 74.6 Å². The van der Waals surface area contributed by atoms with Crippen LogP contribution in [-0.2, 0) is 0 Å². The summed E-state index contributed by atoms with van der Waals surface area (Å²) in [5.41, 5.74) is 2.33. The van der Waals surface area contributed by atoms with Gasteiger partial charge in [-0.25, -0.2) is 4.98 Å². The molecule has 10 heteroatoms. The van der Waals surface area contributed by atoms with Crippen LogP contribution >= 0.6 is 11.3 Å². The second-order valence-corrected chi connectivity index (χ2v) is 7.99. The van der Waals surface area contributed by atoms with Crippen molar-refractivity contribution in [2.75, 3.05) is 21.3 Å². The van der Waals surface area contributed by atoms with Gasteiger partial charge in [0.1, 0.15) is 22.5 Å². The molecule has 176 valence electrons. The third-order valence-electron chi connectivity index (χ3n) is 5.07. The highest BCUT2D eigenvalue weighted by Crippen LogP contribution is 2.39. The first kappa shape index (κ1) is 23.5. The molecule has 0 aliphatic heterocycles. The van der Waals surface area contributed by atoms with Crippen LogP contribution in [0.25, 0.3) is 34.4 Å². The highest BCUT2D eigenvalue weighted by molar-refractivity contribution is 7.11. The number of benzene rings is 2. The minimum Gasteiger partial charge on any atom is -0.493 e. The summed E-state index contributed by atoms with van der Waals surface area (Å²) in [7, 11) is 4.57. The maximum atomic E-state index is 10.9. The van der Waals surface area contributed by atoms with Crippen molar-refractivity contribution in [1.82, 2.24) is 4.98 Å². The van der Waals surface area contributed by atoms with Crippen molar-refractivity contribution in [2.24, 2.45) is 0 Å². The van der Waals surface area contributed by atoms with Crippen molar-refractivity contribution in [2.45, 2.75) is 0 Å². The molecule has 2 aromatic carbocycles. The number of methoxy groups -OCH3 is 3. The number of non-ortho nitro benzene ring substituents is 1. The summed E-state index contributed by atoms with van der Waals surface area (Å²) in [5, 5.41) is 23.0. The summed E-state index contributed by atoms with van der Waals surface area (Å²) in [6.07, 6.45) is 1.69. The van der Waals surface area contributed by atoms with Gasteiger partial charge in [0, 0.05) is 23.1 Å². The quantitative estimate of drug-likeness (QED) is 0.166. The molecule has 2 heterocycles. The topological polar surface area (TPSA) is 121 Å². The van der Waals surface area contributed by atoms with Crippen LogP contribution in [0.2, 0.25) is 0 Å². The van der Waals surface area contributed by atoms with E-state index in [-0.39, 0.29) is 5.69 Å². The van der Waals surface area contributed by atoms with E-state index in [9.17, 15) is 15.4 Å². The van der Waals surface area contributed by atoms with E-state index in [0.717, 1.165) is 0 Å². The van der Waals surface area contributed by atoms with E-state index in [0.29, 0.717) is 56.2 Å². The number of hydrogen-bond donors (Lipinski definition) is 0. The summed E-state index contributed by atoms with van der Waals surface area (Å²) in [6, 6.07) is 15.3. The van der Waals surface area contributed by atoms with Gasteiger partial charge in [-0.1, -0.05) is 0 Å². The molecule has 9 nitrogen and oxygen atoms in total. The number of hydrogen-bond acceptors (Lipinski definition) is 9. The number of nitriles is 1. The molecule has 0 fully saturated rings. The number of allylic oxidation sites excluding steroid dienone is 1. The molecule has 4 rings (SSSR count). The fraction of sp³-hybridized carbons (Fsp3) is 0.120. The van der Waals surface area contributed by atoms with Crippen molar-refractivity contribution < 1.29 is 23.6 Å². The smallest absolute Gasteiger partial charge is 0.269 e. The Hall–Kier alpha value is -4.62. The van der Waals surface area contributed by atoms with Crippen molar-refractivity contribution in [1.29, 1.82) is 5.26 Å². The van der Waals surface area contributed by atoms with Gasteiger partial charge in [-0.3, -0.25) is 10.1 Å². The number of ether oxygens (including phenoxy) is 3. The molecule has 0 spiro atoms. The fourth-order valence-electron chi connectivity index (χ4n) is 3.38. The van der Waals surface area contributed by atoms with Gasteiger partial charge in [0.2, 0.25) is 5.75 Å². The van der Waals surface area contributed by atoms with Gasteiger partial charge in [-0.15, -0.1) is 11.3 Å². The lowest BCUT2D eigenvalue weighted by Crippen LogP contribution is -1.95. The molecule has 0 aliphatic carbocycles. The summed E-state index contributed by atoms with van der Waals surface area (Å²) in [5.74, 6) is 2.49. The van der Waals surface area contributed by atoms with Gasteiger partial charge in [-0.2, -0.15) is 5.26 Å². The normalized spacial score (nSPS) is 11.1. The van der Waals surface area contributed by atoms with Gasteiger partial charge in [0.05, 0.1) is 31.8 Å². The average molecular weight is 490 g/mol. The number of nitro groups is 1. The molecule has 2 aromatic heterocycles. The lowest BCUT2D eigenvalue weighted by atomic mass is 10.1. The average Bonchev–Trinajstić information content (AvgIpc) is 3.57. The highest BCUT2D eigenvalue weighted by atomic mass is 32.1. The maximum absolute atomic E-state index is 10.9. The maximum Gasteiger partial charge on any atom is 0.269 e. The number of thiazole rings is 1. The minimum absolute atomic E-state index is 0.00703. The van der Waals surface area contributed by atoms with Crippen LogP contribution in [0.4, 0.5) is 5.69 Å². The molecule has 0 amide bonds. The first-order valence-corrected chi connectivity index (χ1v) is 11.1. The minimum atomic E-state index is -0.452. The molecule has 0 bridgehead atoms. The number of nitrogens with zero attached hydrogens (tertiary/aromatic N) is 3. The lowest BCUT2D eigenvalue weighted by Gasteiger charge is -2.13. The Kier molecular flexibility index (Phi) is 6.80. The van der Waals surface area contributed by atoms with Gasteiger partial charge < -0.3 is 18.6 Å². The van der Waals surface area contributed by atoms with E-state index in [2.05, 4.69) is 11.1 Å². The first-order valence-electron chi connectivity index (χ1n) is 10.2. The van der Waals surface area contributed by atoms with Crippen molar-refractivity contribution in [3.8, 4) is 46.1 Å². The van der Waals surface area contributed by atoms with Gasteiger partial charge >= 0.3 is 0 Å². The van der Waals surface area contributed by atoms with E-state index in [1.807, 2.05) is 0 Å². The van der Waals surface area contributed by atoms with E-state index < -0.39 is 4.92 Å². The predicted molar refractivity (Wildman–Crippen MR) is 131 cm³/mol. The summed E-state index contributed by atoms with van der Waals surface area (Å²) in [6.45, 7) is 0. The first-order chi connectivity index (χ1) is 17.0. The van der Waals surface area contributed by atoms with Crippen LogP contribution in [0.15, 0.2) is 58.3 Å². The Morgan fingerprint density at radius 3 is 2.29 bits per heavy atom. The summed E-state index contributed by atoms with van der Waals surface area (Å²) < 4.78 is 22.0. The highest BCUT2D eigenvalue weighted by Gasteiger charge is 2.16. The molecule has 0 unspecified atom stereocenters. The second-order valence-electron chi connectivity index (χ2n) is 7.13. The molecule has 35 heavy (non-hydrogen) atoms. The number of rotatable bonds is 8. The Labute approximate surface area is 204 Å². The zero-order valence-electron chi connectivity index (χ0n) is 19.0.